The topological polar surface area (TPSA) is 73.5 Å². The zero-order chi connectivity index (χ0) is 19.1. The van der Waals surface area contributed by atoms with Crippen LogP contribution in [0.25, 0.3) is 10.9 Å². The summed E-state index contributed by atoms with van der Waals surface area (Å²) in [6.07, 6.45) is 5.89. The lowest BCUT2D eigenvalue weighted by atomic mass is 9.82. The average molecular weight is 383 g/mol. The Hall–Kier alpha value is -2.12. The summed E-state index contributed by atoms with van der Waals surface area (Å²) in [5, 5.41) is 11.5. The average Bonchev–Trinajstić information content (AvgIpc) is 3.13. The van der Waals surface area contributed by atoms with Gasteiger partial charge in [0.1, 0.15) is 0 Å². The largest absolute Gasteiger partial charge is 0.378 e. The van der Waals surface area contributed by atoms with Gasteiger partial charge in [-0.25, -0.2) is 0 Å². The number of H-pyrrole nitrogens is 1. The van der Waals surface area contributed by atoms with Gasteiger partial charge in [-0.05, 0) is 50.9 Å². The van der Waals surface area contributed by atoms with E-state index in [-0.39, 0.29) is 11.9 Å². The van der Waals surface area contributed by atoms with Crippen LogP contribution in [0.1, 0.15) is 42.6 Å². The fourth-order valence-corrected chi connectivity index (χ4v) is 5.18. The van der Waals surface area contributed by atoms with Crippen LogP contribution in [0.3, 0.4) is 0 Å². The maximum absolute atomic E-state index is 13.0. The number of ether oxygens (including phenoxy) is 1. The van der Waals surface area contributed by atoms with Crippen LogP contribution >= 0.6 is 0 Å². The van der Waals surface area contributed by atoms with Crippen molar-refractivity contribution < 1.29 is 9.53 Å². The first-order valence-electron chi connectivity index (χ1n) is 10.5. The van der Waals surface area contributed by atoms with Crippen LogP contribution in [0, 0.1) is 0 Å². The summed E-state index contributed by atoms with van der Waals surface area (Å²) in [5.41, 5.74) is 2.54. The molecule has 2 N–H and O–H groups in total. The van der Waals surface area contributed by atoms with Crippen LogP contribution in [0.15, 0.2) is 18.2 Å². The second-order valence-corrected chi connectivity index (χ2v) is 8.45. The Kier molecular flexibility index (Phi) is 4.72. The van der Waals surface area contributed by atoms with Crippen molar-refractivity contribution in [3.63, 3.8) is 0 Å². The van der Waals surface area contributed by atoms with Gasteiger partial charge >= 0.3 is 0 Å². The summed E-state index contributed by atoms with van der Waals surface area (Å²) in [6, 6.07) is 7.63. The molecule has 3 saturated heterocycles. The molecular formula is C21H29N5O2. The molecule has 1 unspecified atom stereocenters. The van der Waals surface area contributed by atoms with Crippen molar-refractivity contribution in [2.75, 3.05) is 38.3 Å². The van der Waals surface area contributed by atoms with Crippen LogP contribution in [-0.4, -0.2) is 72.5 Å². The van der Waals surface area contributed by atoms with E-state index in [1.54, 1.807) is 0 Å². The van der Waals surface area contributed by atoms with Gasteiger partial charge in [-0.1, -0.05) is 6.42 Å². The molecule has 3 aliphatic rings. The first-order valence-corrected chi connectivity index (χ1v) is 10.5. The second kappa shape index (κ2) is 7.37. The van der Waals surface area contributed by atoms with E-state index in [1.807, 2.05) is 6.07 Å². The van der Waals surface area contributed by atoms with Crippen LogP contribution in [0.4, 0.5) is 5.69 Å². The molecule has 3 aliphatic heterocycles. The molecule has 1 aromatic carbocycles. The molecule has 2 bridgehead atoms. The lowest BCUT2D eigenvalue weighted by molar-refractivity contribution is 0.0462. The number of amides is 1. The van der Waals surface area contributed by atoms with Gasteiger partial charge in [-0.2, -0.15) is 5.10 Å². The predicted molar refractivity (Wildman–Crippen MR) is 109 cm³/mol. The number of nitrogens with zero attached hydrogens (tertiary/aromatic N) is 3. The minimum Gasteiger partial charge on any atom is -0.378 e. The van der Waals surface area contributed by atoms with Crippen LogP contribution in [-0.2, 0) is 4.74 Å². The molecule has 0 saturated carbocycles. The number of aromatic amines is 1. The zero-order valence-electron chi connectivity index (χ0n) is 16.5. The van der Waals surface area contributed by atoms with Gasteiger partial charge in [0, 0.05) is 42.3 Å². The Morgan fingerprint density at radius 3 is 2.71 bits per heavy atom. The number of anilines is 1. The van der Waals surface area contributed by atoms with E-state index in [2.05, 4.69) is 44.5 Å². The minimum atomic E-state index is -0.0574. The van der Waals surface area contributed by atoms with Crippen molar-refractivity contribution >= 4 is 22.5 Å². The lowest BCUT2D eigenvalue weighted by Crippen LogP contribution is -2.55. The van der Waals surface area contributed by atoms with E-state index in [1.165, 1.54) is 19.3 Å². The summed E-state index contributed by atoms with van der Waals surface area (Å²) < 4.78 is 5.45. The van der Waals surface area contributed by atoms with E-state index in [0.717, 1.165) is 55.7 Å². The Labute approximate surface area is 165 Å². The highest BCUT2D eigenvalue weighted by Gasteiger charge is 2.36. The van der Waals surface area contributed by atoms with Crippen LogP contribution in [0.5, 0.6) is 0 Å². The number of benzene rings is 1. The van der Waals surface area contributed by atoms with E-state index >= 15 is 0 Å². The molecule has 0 aliphatic carbocycles. The first-order chi connectivity index (χ1) is 13.7. The summed E-state index contributed by atoms with van der Waals surface area (Å²) in [7, 11) is 2.24. The molecule has 3 atom stereocenters. The fraction of sp³-hybridized carbons (Fsp3) is 0.619. The molecule has 0 spiro atoms. The summed E-state index contributed by atoms with van der Waals surface area (Å²) in [4.78, 5) is 17.9. The van der Waals surface area contributed by atoms with Crippen molar-refractivity contribution in [3.05, 3.63) is 23.9 Å². The third-order valence-corrected chi connectivity index (χ3v) is 6.81. The zero-order valence-corrected chi connectivity index (χ0v) is 16.5. The lowest BCUT2D eigenvalue weighted by Gasteiger charge is -2.47. The van der Waals surface area contributed by atoms with Gasteiger partial charge in [0.05, 0.1) is 18.7 Å². The SMILES string of the molecule is CN1[C@@H]2CCC[C@H]1CC(NC(=O)c1n[nH]c3ccc(N4CCOCC4)cc13)C2. The number of rotatable bonds is 3. The summed E-state index contributed by atoms with van der Waals surface area (Å²) in [5.74, 6) is -0.0574. The van der Waals surface area contributed by atoms with E-state index in [9.17, 15) is 4.79 Å². The number of morpholine rings is 1. The van der Waals surface area contributed by atoms with Gasteiger partial charge in [-0.3, -0.25) is 9.89 Å². The number of nitrogens with one attached hydrogen (secondary N) is 2. The molecule has 1 amide bonds. The number of carbonyl (C=O) groups excluding carboxylic acids is 1. The number of hydrogen-bond donors (Lipinski definition) is 2. The minimum absolute atomic E-state index is 0.0574. The molecule has 4 heterocycles. The smallest absolute Gasteiger partial charge is 0.272 e. The van der Waals surface area contributed by atoms with Gasteiger partial charge in [0.2, 0.25) is 0 Å². The standard InChI is InChI=1S/C21H29N5O2/c1-25-15-3-2-4-16(25)12-14(11-15)22-21(27)20-18-13-17(5-6-19(18)23-24-20)26-7-9-28-10-8-26/h5-6,13-16H,2-4,7-12H2,1H3,(H,22,27)(H,23,24)/t14?,15-,16+. The number of carbonyl (C=O) groups is 1. The molecule has 7 heteroatoms. The molecule has 0 radical (unpaired) electrons. The van der Waals surface area contributed by atoms with Crippen molar-refractivity contribution in [3.8, 4) is 0 Å². The molecule has 5 rings (SSSR count). The quantitative estimate of drug-likeness (QED) is 0.850. The number of hydrogen-bond acceptors (Lipinski definition) is 5. The Morgan fingerprint density at radius 2 is 1.96 bits per heavy atom. The van der Waals surface area contributed by atoms with Crippen LogP contribution in [0.2, 0.25) is 0 Å². The van der Waals surface area contributed by atoms with E-state index in [0.29, 0.717) is 17.8 Å². The summed E-state index contributed by atoms with van der Waals surface area (Å²) in [6.45, 7) is 3.25. The molecule has 2 aromatic rings. The maximum Gasteiger partial charge on any atom is 0.272 e. The molecule has 1 aromatic heterocycles. The molecule has 7 nitrogen and oxygen atoms in total. The third-order valence-electron chi connectivity index (χ3n) is 6.81. The second-order valence-electron chi connectivity index (χ2n) is 8.45. The highest BCUT2D eigenvalue weighted by Crippen LogP contribution is 2.33. The van der Waals surface area contributed by atoms with Crippen LogP contribution < -0.4 is 10.2 Å². The molecular weight excluding hydrogens is 354 g/mol. The van der Waals surface area contributed by atoms with Crippen molar-refractivity contribution in [2.45, 2.75) is 50.2 Å². The highest BCUT2D eigenvalue weighted by molar-refractivity contribution is 6.05. The third kappa shape index (κ3) is 3.26. The van der Waals surface area contributed by atoms with Gasteiger partial charge < -0.3 is 19.9 Å². The van der Waals surface area contributed by atoms with Crippen molar-refractivity contribution in [1.29, 1.82) is 0 Å². The van der Waals surface area contributed by atoms with Gasteiger partial charge in [0.25, 0.3) is 5.91 Å². The van der Waals surface area contributed by atoms with Gasteiger partial charge in [0.15, 0.2) is 5.69 Å². The van der Waals surface area contributed by atoms with E-state index < -0.39 is 0 Å². The molecule has 150 valence electrons. The normalized spacial score (nSPS) is 28.5. The first kappa shape index (κ1) is 17.9. The van der Waals surface area contributed by atoms with Crippen molar-refractivity contribution in [2.24, 2.45) is 0 Å². The predicted octanol–water partition coefficient (Wildman–Crippen LogP) is 2.14. The van der Waals surface area contributed by atoms with Crippen molar-refractivity contribution in [1.82, 2.24) is 20.4 Å². The molecule has 28 heavy (non-hydrogen) atoms. The molecule has 3 fully saturated rings. The van der Waals surface area contributed by atoms with E-state index in [4.69, 9.17) is 4.74 Å². The van der Waals surface area contributed by atoms with Gasteiger partial charge in [-0.15, -0.1) is 0 Å². The Morgan fingerprint density at radius 1 is 1.21 bits per heavy atom. The number of piperidine rings is 2. The Balaban J connectivity index is 1.34. The number of aromatic nitrogens is 2. The summed E-state index contributed by atoms with van der Waals surface area (Å²) >= 11 is 0. The Bertz CT molecular complexity index is 846. The fourth-order valence-electron chi connectivity index (χ4n) is 5.18. The number of fused-ring (bicyclic) bond motifs is 3. The monoisotopic (exact) mass is 383 g/mol. The highest BCUT2D eigenvalue weighted by atomic mass is 16.5. The maximum atomic E-state index is 13.0.